The van der Waals surface area contributed by atoms with Gasteiger partial charge in [0, 0.05) is 37.7 Å². The molecule has 9 nitrogen and oxygen atoms in total. The minimum Gasteiger partial charge on any atom is -0.444 e. The molecule has 0 aliphatic heterocycles. The Hall–Kier alpha value is -4.35. The molecule has 42 heavy (non-hydrogen) atoms. The van der Waals surface area contributed by atoms with Gasteiger partial charge in [-0.05, 0) is 51.3 Å². The second-order valence-corrected chi connectivity index (χ2v) is 11.4. The maximum Gasteiger partial charge on any atom is 0.420 e. The van der Waals surface area contributed by atoms with Crippen LogP contribution in [0.1, 0.15) is 52.8 Å². The molecule has 3 rings (SSSR count). The monoisotopic (exact) mass is 588 g/mol. The number of benzene rings is 2. The number of halogens is 3. The summed E-state index contributed by atoms with van der Waals surface area (Å²) in [4.78, 5) is 39.0. The zero-order valence-electron chi connectivity index (χ0n) is 24.8. The van der Waals surface area contributed by atoms with Gasteiger partial charge in [-0.15, -0.1) is 0 Å². The lowest BCUT2D eigenvalue weighted by molar-refractivity contribution is -0.137. The molecule has 0 unspecified atom stereocenters. The number of ketones is 1. The Balaban J connectivity index is 2.45. The normalized spacial score (nSPS) is 11.8. The molecule has 3 aromatic rings. The maximum absolute atomic E-state index is 14.9. The predicted octanol–water partition coefficient (Wildman–Crippen LogP) is 7.30. The number of hydrogen-bond donors (Lipinski definition) is 2. The van der Waals surface area contributed by atoms with Gasteiger partial charge in [-0.3, -0.25) is 14.9 Å². The highest BCUT2D eigenvalue weighted by Gasteiger charge is 2.41. The van der Waals surface area contributed by atoms with Crippen molar-refractivity contribution in [3.63, 3.8) is 0 Å². The number of ether oxygens (including phenoxy) is 1. The van der Waals surface area contributed by atoms with Crippen molar-refractivity contribution in [3.8, 4) is 22.5 Å². The summed E-state index contributed by atoms with van der Waals surface area (Å²) in [7, 11) is 1.48. The standard InChI is InChI=1S/C30H35F3N4O5/c1-16(2)15-37(8)22-14-21(34-28(40)41-29(5,6)7)24(26(25(22)30(31,32)33)35-27(39)18(4)38)20-11-9-10-19(13-20)23-12-17(3)36-42-23/h9-14,16H,15H2,1-8H3,(H,34,40)(H,35,39). The molecule has 12 heteroatoms. The Bertz CT molecular complexity index is 1490. The molecule has 0 spiro atoms. The van der Waals surface area contributed by atoms with Crippen LogP contribution in [0.3, 0.4) is 0 Å². The van der Waals surface area contributed by atoms with E-state index in [1.807, 2.05) is 13.8 Å². The summed E-state index contributed by atoms with van der Waals surface area (Å²) in [6, 6.07) is 9.16. The third-order valence-electron chi connectivity index (χ3n) is 5.90. The molecule has 0 aliphatic rings. The highest BCUT2D eigenvalue weighted by molar-refractivity contribution is 6.40. The molecule has 2 aromatic carbocycles. The van der Waals surface area contributed by atoms with Crippen LogP contribution < -0.4 is 15.5 Å². The van der Waals surface area contributed by atoms with Gasteiger partial charge in [0.25, 0.3) is 5.91 Å². The molecule has 2 N–H and O–H groups in total. The largest absolute Gasteiger partial charge is 0.444 e. The summed E-state index contributed by atoms with van der Waals surface area (Å²) in [5, 5.41) is 8.63. The van der Waals surface area contributed by atoms with Crippen molar-refractivity contribution in [2.24, 2.45) is 5.92 Å². The van der Waals surface area contributed by atoms with E-state index in [0.717, 1.165) is 6.92 Å². The second kappa shape index (κ2) is 12.3. The number of Topliss-reactive ketones (excluding diaryl/α,β-unsaturated/α-hetero) is 1. The Morgan fingerprint density at radius 1 is 1.05 bits per heavy atom. The van der Waals surface area contributed by atoms with Crippen molar-refractivity contribution in [1.82, 2.24) is 5.16 Å². The molecule has 0 aliphatic carbocycles. The average Bonchev–Trinajstić information content (AvgIpc) is 3.27. The number of alkyl halides is 3. The maximum atomic E-state index is 14.9. The third-order valence-corrected chi connectivity index (χ3v) is 5.90. The fraction of sp³-hybridized carbons (Fsp3) is 0.400. The summed E-state index contributed by atoms with van der Waals surface area (Å²) in [5.41, 5.74) is -2.08. The van der Waals surface area contributed by atoms with Gasteiger partial charge in [-0.1, -0.05) is 37.2 Å². The highest BCUT2D eigenvalue weighted by Crippen LogP contribution is 2.50. The molecule has 0 saturated carbocycles. The topological polar surface area (TPSA) is 114 Å². The summed E-state index contributed by atoms with van der Waals surface area (Å²) in [5.74, 6) is -1.93. The van der Waals surface area contributed by atoms with Gasteiger partial charge in [0.1, 0.15) is 11.2 Å². The van der Waals surface area contributed by atoms with E-state index in [0.29, 0.717) is 17.0 Å². The van der Waals surface area contributed by atoms with Gasteiger partial charge < -0.3 is 19.5 Å². The van der Waals surface area contributed by atoms with Crippen molar-refractivity contribution in [2.75, 3.05) is 29.1 Å². The van der Waals surface area contributed by atoms with Crippen LogP contribution >= 0.6 is 0 Å². The van der Waals surface area contributed by atoms with Crippen molar-refractivity contribution in [2.45, 2.75) is 60.2 Å². The van der Waals surface area contributed by atoms with Crippen LogP contribution in [0.15, 0.2) is 40.9 Å². The summed E-state index contributed by atoms with van der Waals surface area (Å²) in [6.07, 6.45) is -5.90. The average molecular weight is 589 g/mol. The van der Waals surface area contributed by atoms with Crippen molar-refractivity contribution in [3.05, 3.63) is 47.7 Å². The number of rotatable bonds is 8. The van der Waals surface area contributed by atoms with Crippen LogP contribution in [-0.4, -0.2) is 42.1 Å². The first-order valence-corrected chi connectivity index (χ1v) is 13.2. The fourth-order valence-corrected chi connectivity index (χ4v) is 4.37. The van der Waals surface area contributed by atoms with E-state index in [2.05, 4.69) is 15.8 Å². The van der Waals surface area contributed by atoms with Gasteiger partial charge in [0.15, 0.2) is 5.76 Å². The van der Waals surface area contributed by atoms with Crippen LogP contribution in [0.2, 0.25) is 0 Å². The molecule has 0 atom stereocenters. The van der Waals surface area contributed by atoms with E-state index in [4.69, 9.17) is 9.26 Å². The second-order valence-electron chi connectivity index (χ2n) is 11.4. The molecular weight excluding hydrogens is 553 g/mol. The van der Waals surface area contributed by atoms with Crippen molar-refractivity contribution >= 4 is 34.8 Å². The fourth-order valence-electron chi connectivity index (χ4n) is 4.37. The molecule has 1 aromatic heterocycles. The molecule has 2 amide bonds. The number of aromatic nitrogens is 1. The van der Waals surface area contributed by atoms with Gasteiger partial charge in [0.05, 0.1) is 22.8 Å². The minimum atomic E-state index is -4.97. The minimum absolute atomic E-state index is 0.0321. The number of carbonyl (C=O) groups excluding carboxylic acids is 3. The van der Waals surface area contributed by atoms with Gasteiger partial charge in [-0.2, -0.15) is 13.2 Å². The first-order valence-electron chi connectivity index (χ1n) is 13.2. The Labute approximate surface area is 242 Å². The van der Waals surface area contributed by atoms with Crippen LogP contribution in [0.25, 0.3) is 22.5 Å². The molecule has 0 saturated heterocycles. The highest BCUT2D eigenvalue weighted by atomic mass is 19.4. The number of amides is 2. The molecule has 226 valence electrons. The number of carbonyl (C=O) groups is 3. The molecule has 0 bridgehead atoms. The van der Waals surface area contributed by atoms with Crippen LogP contribution in [0.5, 0.6) is 0 Å². The van der Waals surface area contributed by atoms with E-state index in [1.54, 1.807) is 45.9 Å². The summed E-state index contributed by atoms with van der Waals surface area (Å²) >= 11 is 0. The van der Waals surface area contributed by atoms with Gasteiger partial charge >= 0.3 is 12.3 Å². The van der Waals surface area contributed by atoms with Crippen LogP contribution in [0.4, 0.5) is 35.0 Å². The number of nitrogens with one attached hydrogen (secondary N) is 2. The zero-order valence-corrected chi connectivity index (χ0v) is 24.8. The Morgan fingerprint density at radius 3 is 2.21 bits per heavy atom. The Kier molecular flexibility index (Phi) is 9.39. The summed E-state index contributed by atoms with van der Waals surface area (Å²) in [6.45, 7) is 11.5. The smallest absolute Gasteiger partial charge is 0.420 e. The first kappa shape index (κ1) is 32.2. The first-order chi connectivity index (χ1) is 19.4. The zero-order chi connectivity index (χ0) is 31.6. The van der Waals surface area contributed by atoms with E-state index >= 15 is 0 Å². The lowest BCUT2D eigenvalue weighted by Crippen LogP contribution is -2.30. The van der Waals surface area contributed by atoms with E-state index < -0.39 is 40.8 Å². The molecular formula is C30H35F3N4O5. The third kappa shape index (κ3) is 7.89. The molecule has 1 heterocycles. The van der Waals surface area contributed by atoms with E-state index in [1.165, 1.54) is 30.1 Å². The van der Waals surface area contributed by atoms with Gasteiger partial charge in [-0.25, -0.2) is 4.79 Å². The van der Waals surface area contributed by atoms with Gasteiger partial charge in [0.2, 0.25) is 5.78 Å². The number of hydrogen-bond acceptors (Lipinski definition) is 7. The van der Waals surface area contributed by atoms with Crippen molar-refractivity contribution < 1.29 is 36.8 Å². The number of aryl methyl sites for hydroxylation is 1. The molecule has 0 radical (unpaired) electrons. The van der Waals surface area contributed by atoms with Crippen LogP contribution in [0, 0.1) is 12.8 Å². The van der Waals surface area contributed by atoms with Crippen molar-refractivity contribution in [1.29, 1.82) is 0 Å². The predicted molar refractivity (Wildman–Crippen MR) is 154 cm³/mol. The summed E-state index contributed by atoms with van der Waals surface area (Å²) < 4.78 is 55.5. The number of anilines is 3. The SMILES string of the molecule is CC(=O)C(=O)Nc1c(-c2cccc(-c3cc(C)no3)c2)c(NC(=O)OC(C)(C)C)cc(N(C)CC(C)C)c1C(F)(F)F. The lowest BCUT2D eigenvalue weighted by Gasteiger charge is -2.30. The number of nitrogens with zero attached hydrogens (tertiary/aromatic N) is 2. The quantitative estimate of drug-likeness (QED) is 0.265. The van der Waals surface area contributed by atoms with E-state index in [-0.39, 0.29) is 35.0 Å². The van der Waals surface area contributed by atoms with E-state index in [9.17, 15) is 27.6 Å². The lowest BCUT2D eigenvalue weighted by atomic mass is 9.93. The Morgan fingerprint density at radius 2 is 1.69 bits per heavy atom. The molecule has 0 fully saturated rings. The van der Waals surface area contributed by atoms with Crippen LogP contribution in [-0.2, 0) is 20.5 Å².